The summed E-state index contributed by atoms with van der Waals surface area (Å²) in [6, 6.07) is 21.4. The number of nitrogens with one attached hydrogen (secondary N) is 2. The monoisotopic (exact) mass is 486 g/mol. The second kappa shape index (κ2) is 9.94. The fourth-order valence-corrected chi connectivity index (χ4v) is 4.36. The van der Waals surface area contributed by atoms with E-state index in [9.17, 15) is 9.59 Å². The van der Waals surface area contributed by atoms with Gasteiger partial charge in [0.05, 0.1) is 0 Å². The number of carbonyl (C=O) groups excluding carboxylic acids is 2. The van der Waals surface area contributed by atoms with Crippen molar-refractivity contribution >= 4 is 28.3 Å². The second-order valence-corrected chi connectivity index (χ2v) is 9.03. The zero-order valence-electron chi connectivity index (χ0n) is 18.9. The summed E-state index contributed by atoms with van der Waals surface area (Å²) in [4.78, 5) is 26.1. The molecule has 9 heteroatoms. The SMILES string of the molecule is Cc1ccc(C(=O)NC(Cc2ccccc2)C(=O)Nc2nnc(-c3ccc4c(c3)OCO4)s2)cc1. The van der Waals surface area contributed by atoms with Crippen molar-refractivity contribution in [3.63, 3.8) is 0 Å². The molecule has 1 aromatic heterocycles. The number of anilines is 1. The molecule has 35 heavy (non-hydrogen) atoms. The molecule has 1 aliphatic heterocycles. The van der Waals surface area contributed by atoms with Crippen LogP contribution in [0.3, 0.4) is 0 Å². The maximum absolute atomic E-state index is 13.2. The van der Waals surface area contributed by atoms with Crippen molar-refractivity contribution in [2.45, 2.75) is 19.4 Å². The Labute approximate surface area is 205 Å². The third kappa shape index (κ3) is 5.30. The van der Waals surface area contributed by atoms with Crippen LogP contribution in [0.25, 0.3) is 10.6 Å². The summed E-state index contributed by atoms with van der Waals surface area (Å²) in [5.41, 5.74) is 3.27. The average molecular weight is 487 g/mol. The van der Waals surface area contributed by atoms with Gasteiger partial charge in [0.15, 0.2) is 11.5 Å². The van der Waals surface area contributed by atoms with Gasteiger partial charge in [0, 0.05) is 17.5 Å². The van der Waals surface area contributed by atoms with Crippen molar-refractivity contribution in [3.8, 4) is 22.1 Å². The van der Waals surface area contributed by atoms with Crippen LogP contribution in [0.4, 0.5) is 5.13 Å². The molecule has 1 unspecified atom stereocenters. The predicted molar refractivity (Wildman–Crippen MR) is 133 cm³/mol. The Morgan fingerprint density at radius 1 is 0.971 bits per heavy atom. The third-order valence-corrected chi connectivity index (χ3v) is 6.38. The lowest BCUT2D eigenvalue weighted by Crippen LogP contribution is -2.45. The van der Waals surface area contributed by atoms with Gasteiger partial charge in [-0.3, -0.25) is 14.9 Å². The maximum atomic E-state index is 13.2. The molecule has 0 saturated carbocycles. The second-order valence-electron chi connectivity index (χ2n) is 8.05. The summed E-state index contributed by atoms with van der Waals surface area (Å²) in [5.74, 6) is 0.631. The largest absolute Gasteiger partial charge is 0.454 e. The van der Waals surface area contributed by atoms with Crippen LogP contribution >= 0.6 is 11.3 Å². The molecule has 1 atom stereocenters. The minimum absolute atomic E-state index is 0.188. The summed E-state index contributed by atoms with van der Waals surface area (Å²) in [6.07, 6.45) is 0.331. The molecule has 5 rings (SSSR count). The van der Waals surface area contributed by atoms with Gasteiger partial charge in [-0.15, -0.1) is 10.2 Å². The molecular formula is C26H22N4O4S. The Morgan fingerprint density at radius 2 is 1.74 bits per heavy atom. The van der Waals surface area contributed by atoms with Crippen molar-refractivity contribution in [1.29, 1.82) is 0 Å². The first-order valence-electron chi connectivity index (χ1n) is 11.0. The number of amides is 2. The third-order valence-electron chi connectivity index (χ3n) is 5.49. The van der Waals surface area contributed by atoms with Gasteiger partial charge in [-0.2, -0.15) is 0 Å². The summed E-state index contributed by atoms with van der Waals surface area (Å²) in [6.45, 7) is 2.14. The number of carbonyl (C=O) groups is 2. The zero-order chi connectivity index (χ0) is 24.2. The molecule has 1 aliphatic rings. The molecule has 8 nitrogen and oxygen atoms in total. The number of ether oxygens (including phenoxy) is 2. The Morgan fingerprint density at radius 3 is 2.54 bits per heavy atom. The van der Waals surface area contributed by atoms with Gasteiger partial charge < -0.3 is 14.8 Å². The van der Waals surface area contributed by atoms with Gasteiger partial charge in [0.2, 0.25) is 17.8 Å². The van der Waals surface area contributed by atoms with Crippen molar-refractivity contribution < 1.29 is 19.1 Å². The van der Waals surface area contributed by atoms with Crippen LogP contribution < -0.4 is 20.1 Å². The highest BCUT2D eigenvalue weighted by Crippen LogP contribution is 2.37. The molecule has 3 aromatic carbocycles. The highest BCUT2D eigenvalue weighted by Gasteiger charge is 2.24. The number of fused-ring (bicyclic) bond motifs is 1. The van der Waals surface area contributed by atoms with Gasteiger partial charge in [-0.25, -0.2) is 0 Å². The number of rotatable bonds is 7. The molecule has 2 amide bonds. The van der Waals surface area contributed by atoms with E-state index < -0.39 is 6.04 Å². The van der Waals surface area contributed by atoms with E-state index in [-0.39, 0.29) is 18.6 Å². The molecule has 0 aliphatic carbocycles. The van der Waals surface area contributed by atoms with Crippen molar-refractivity contribution in [1.82, 2.24) is 15.5 Å². The molecule has 2 heterocycles. The highest BCUT2D eigenvalue weighted by molar-refractivity contribution is 7.18. The van der Waals surface area contributed by atoms with Crippen LogP contribution in [0.1, 0.15) is 21.5 Å². The normalized spacial score (nSPS) is 12.7. The van der Waals surface area contributed by atoms with E-state index in [0.717, 1.165) is 16.7 Å². The minimum atomic E-state index is -0.802. The molecule has 0 bridgehead atoms. The van der Waals surface area contributed by atoms with E-state index in [1.165, 1.54) is 11.3 Å². The lowest BCUT2D eigenvalue weighted by molar-refractivity contribution is -0.118. The van der Waals surface area contributed by atoms with Crippen molar-refractivity contribution in [3.05, 3.63) is 89.5 Å². The van der Waals surface area contributed by atoms with E-state index in [0.29, 0.717) is 33.6 Å². The van der Waals surface area contributed by atoms with Crippen LogP contribution in [0, 0.1) is 6.92 Å². The van der Waals surface area contributed by atoms with Crippen LogP contribution in [0.2, 0.25) is 0 Å². The standard InChI is InChI=1S/C26H22N4O4S/c1-16-7-9-18(10-8-16)23(31)27-20(13-17-5-3-2-4-6-17)24(32)28-26-30-29-25(35-26)19-11-12-21-22(14-19)34-15-33-21/h2-12,14,20H,13,15H2,1H3,(H,27,31)(H,28,30,32). The Hall–Kier alpha value is -4.24. The zero-order valence-corrected chi connectivity index (χ0v) is 19.7. The topological polar surface area (TPSA) is 102 Å². The molecule has 2 N–H and O–H groups in total. The van der Waals surface area contributed by atoms with Crippen LogP contribution in [0.15, 0.2) is 72.8 Å². The van der Waals surface area contributed by atoms with Crippen LogP contribution in [0.5, 0.6) is 11.5 Å². The van der Waals surface area contributed by atoms with E-state index in [1.807, 2.05) is 67.6 Å². The van der Waals surface area contributed by atoms with Gasteiger partial charge in [0.25, 0.3) is 5.91 Å². The lowest BCUT2D eigenvalue weighted by Gasteiger charge is -2.18. The number of benzene rings is 3. The van der Waals surface area contributed by atoms with E-state index in [4.69, 9.17) is 9.47 Å². The molecular weight excluding hydrogens is 464 g/mol. The van der Waals surface area contributed by atoms with Gasteiger partial charge >= 0.3 is 0 Å². The fourth-order valence-electron chi connectivity index (χ4n) is 3.62. The molecule has 176 valence electrons. The number of aromatic nitrogens is 2. The highest BCUT2D eigenvalue weighted by atomic mass is 32.1. The number of hydrogen-bond donors (Lipinski definition) is 2. The van der Waals surface area contributed by atoms with Crippen molar-refractivity contribution in [2.75, 3.05) is 12.1 Å². The summed E-state index contributed by atoms with van der Waals surface area (Å²) < 4.78 is 10.8. The van der Waals surface area contributed by atoms with Crippen LogP contribution in [-0.2, 0) is 11.2 Å². The number of hydrogen-bond acceptors (Lipinski definition) is 7. The van der Waals surface area contributed by atoms with Crippen molar-refractivity contribution in [2.24, 2.45) is 0 Å². The summed E-state index contributed by atoms with van der Waals surface area (Å²) in [7, 11) is 0. The molecule has 4 aromatic rings. The van der Waals surface area contributed by atoms with Crippen LogP contribution in [-0.4, -0.2) is 34.8 Å². The van der Waals surface area contributed by atoms with Gasteiger partial charge in [0.1, 0.15) is 11.0 Å². The number of nitrogens with zero attached hydrogens (tertiary/aromatic N) is 2. The Kier molecular flexibility index (Phi) is 6.40. The van der Waals surface area contributed by atoms with Gasteiger partial charge in [-0.1, -0.05) is 59.4 Å². The Bertz CT molecular complexity index is 1360. The first kappa shape index (κ1) is 22.5. The molecule has 0 radical (unpaired) electrons. The van der Waals surface area contributed by atoms with E-state index in [2.05, 4.69) is 20.8 Å². The first-order chi connectivity index (χ1) is 17.0. The average Bonchev–Trinajstić information content (AvgIpc) is 3.53. The smallest absolute Gasteiger partial charge is 0.251 e. The lowest BCUT2D eigenvalue weighted by atomic mass is 10.0. The predicted octanol–water partition coefficient (Wildman–Crippen LogP) is 4.22. The molecule has 0 spiro atoms. The maximum Gasteiger partial charge on any atom is 0.251 e. The Balaban J connectivity index is 1.32. The number of aryl methyl sites for hydroxylation is 1. The fraction of sp³-hybridized carbons (Fsp3) is 0.154. The molecule has 0 fully saturated rings. The summed E-state index contributed by atoms with van der Waals surface area (Å²) >= 11 is 1.24. The minimum Gasteiger partial charge on any atom is -0.454 e. The van der Waals surface area contributed by atoms with E-state index in [1.54, 1.807) is 12.1 Å². The van der Waals surface area contributed by atoms with E-state index >= 15 is 0 Å². The van der Waals surface area contributed by atoms with Gasteiger partial charge in [-0.05, 0) is 42.8 Å². The molecule has 0 saturated heterocycles. The quantitative estimate of drug-likeness (QED) is 0.406. The summed E-state index contributed by atoms with van der Waals surface area (Å²) in [5, 5.41) is 14.9. The first-order valence-corrected chi connectivity index (χ1v) is 11.8.